The summed E-state index contributed by atoms with van der Waals surface area (Å²) in [5, 5.41) is 12.4. The molecule has 0 bridgehead atoms. The molecule has 2 N–H and O–H groups in total. The van der Waals surface area contributed by atoms with Crippen LogP contribution in [-0.4, -0.2) is 17.6 Å². The molecule has 0 heterocycles. The number of halogens is 1. The number of rotatable bonds is 3. The Morgan fingerprint density at radius 3 is 2.86 bits per heavy atom. The molecular weight excluding hydrogens is 286 g/mol. The van der Waals surface area contributed by atoms with Gasteiger partial charge in [0, 0.05) is 22.9 Å². The van der Waals surface area contributed by atoms with Crippen LogP contribution in [-0.2, 0) is 4.79 Å². The Morgan fingerprint density at radius 2 is 2.14 bits per heavy atom. The molecule has 1 aromatic rings. The van der Waals surface area contributed by atoms with Gasteiger partial charge in [0.25, 0.3) is 0 Å². The predicted octanol–water partition coefficient (Wildman–Crippen LogP) is 3.06. The molecule has 21 heavy (non-hydrogen) atoms. The summed E-state index contributed by atoms with van der Waals surface area (Å²) in [4.78, 5) is 12.3. The summed E-state index contributed by atoms with van der Waals surface area (Å²) in [7, 11) is 0. The van der Waals surface area contributed by atoms with E-state index in [1.807, 2.05) is 0 Å². The number of carbonyl (C=O) groups is 1. The van der Waals surface area contributed by atoms with Crippen LogP contribution >= 0.6 is 11.6 Å². The number of carbonyl (C=O) groups excluding carboxylic acids is 1. The van der Waals surface area contributed by atoms with Crippen molar-refractivity contribution in [3.63, 3.8) is 0 Å². The maximum absolute atomic E-state index is 12.3. The summed E-state index contributed by atoms with van der Waals surface area (Å²) in [5.41, 5.74) is 1.41. The van der Waals surface area contributed by atoms with E-state index in [9.17, 15) is 4.79 Å². The standard InChI is InChI=1S/C17H18ClNO2/c18-12-7-8-15(11(10-12)4-1-2-9-20)19-17(21)16-13-5-3-6-14(13)16/h7-8,10,13-14,16,20H,2-3,5-6,9H2,(H,19,21). The zero-order valence-electron chi connectivity index (χ0n) is 11.7. The molecule has 3 rings (SSSR count). The van der Waals surface area contributed by atoms with Crippen LogP contribution in [0, 0.1) is 29.6 Å². The van der Waals surface area contributed by atoms with Gasteiger partial charge in [-0.3, -0.25) is 4.79 Å². The molecule has 0 aliphatic heterocycles. The number of amides is 1. The molecule has 2 aliphatic carbocycles. The van der Waals surface area contributed by atoms with Gasteiger partial charge in [-0.1, -0.05) is 29.9 Å². The third kappa shape index (κ3) is 3.07. The fourth-order valence-electron chi connectivity index (χ4n) is 3.37. The molecule has 3 nitrogen and oxygen atoms in total. The Kier molecular flexibility index (Phi) is 4.19. The second kappa shape index (κ2) is 6.09. The number of fused-ring (bicyclic) bond motifs is 1. The SMILES string of the molecule is O=C(Nc1ccc(Cl)cc1C#CCCO)C1C2CCCC21. The molecule has 2 saturated carbocycles. The van der Waals surface area contributed by atoms with Crippen LogP contribution in [0.4, 0.5) is 5.69 Å². The predicted molar refractivity (Wildman–Crippen MR) is 83.0 cm³/mol. The monoisotopic (exact) mass is 303 g/mol. The third-order valence-electron chi connectivity index (χ3n) is 4.41. The summed E-state index contributed by atoms with van der Waals surface area (Å²) < 4.78 is 0. The zero-order valence-corrected chi connectivity index (χ0v) is 12.5. The van der Waals surface area contributed by atoms with Gasteiger partial charge < -0.3 is 10.4 Å². The van der Waals surface area contributed by atoms with Gasteiger partial charge >= 0.3 is 0 Å². The normalized spacial score (nSPS) is 25.7. The molecule has 1 aromatic carbocycles. The van der Waals surface area contributed by atoms with Crippen molar-refractivity contribution in [2.75, 3.05) is 11.9 Å². The van der Waals surface area contributed by atoms with Crippen molar-refractivity contribution in [3.8, 4) is 11.8 Å². The molecule has 2 atom stereocenters. The average Bonchev–Trinajstić information content (AvgIpc) is 2.95. The summed E-state index contributed by atoms with van der Waals surface area (Å²) in [6.07, 6.45) is 4.05. The molecule has 1 amide bonds. The van der Waals surface area contributed by atoms with E-state index in [0.717, 1.165) is 0 Å². The minimum absolute atomic E-state index is 0.0285. The van der Waals surface area contributed by atoms with E-state index in [2.05, 4.69) is 17.2 Å². The molecule has 2 aliphatic rings. The molecule has 0 aromatic heterocycles. The molecule has 4 heteroatoms. The summed E-state index contributed by atoms with van der Waals surface area (Å²) in [6, 6.07) is 5.29. The largest absolute Gasteiger partial charge is 0.395 e. The van der Waals surface area contributed by atoms with Gasteiger partial charge in [0.2, 0.25) is 5.91 Å². The van der Waals surface area contributed by atoms with Crippen LogP contribution in [0.25, 0.3) is 0 Å². The first kappa shape index (κ1) is 14.4. The number of benzene rings is 1. The van der Waals surface area contributed by atoms with E-state index in [0.29, 0.717) is 34.5 Å². The highest BCUT2D eigenvalue weighted by molar-refractivity contribution is 6.30. The van der Waals surface area contributed by atoms with Crippen molar-refractivity contribution in [2.45, 2.75) is 25.7 Å². The van der Waals surface area contributed by atoms with Crippen LogP contribution in [0.5, 0.6) is 0 Å². The smallest absolute Gasteiger partial charge is 0.228 e. The third-order valence-corrected chi connectivity index (χ3v) is 4.64. The average molecular weight is 304 g/mol. The summed E-state index contributed by atoms with van der Waals surface area (Å²) >= 11 is 5.99. The van der Waals surface area contributed by atoms with Crippen molar-refractivity contribution >= 4 is 23.2 Å². The Labute approximate surface area is 129 Å². The van der Waals surface area contributed by atoms with Crippen LogP contribution in [0.1, 0.15) is 31.2 Å². The molecular formula is C17H18ClNO2. The van der Waals surface area contributed by atoms with E-state index in [4.69, 9.17) is 16.7 Å². The second-order valence-electron chi connectivity index (χ2n) is 5.74. The highest BCUT2D eigenvalue weighted by atomic mass is 35.5. The van der Waals surface area contributed by atoms with Crippen molar-refractivity contribution in [2.24, 2.45) is 17.8 Å². The van der Waals surface area contributed by atoms with E-state index in [1.165, 1.54) is 19.3 Å². The van der Waals surface area contributed by atoms with Gasteiger partial charge in [-0.05, 0) is 42.9 Å². The highest BCUT2D eigenvalue weighted by Crippen LogP contribution is 2.57. The number of aliphatic hydroxyl groups excluding tert-OH is 1. The topological polar surface area (TPSA) is 49.3 Å². The van der Waals surface area contributed by atoms with Crippen LogP contribution in [0.3, 0.4) is 0 Å². The lowest BCUT2D eigenvalue weighted by Gasteiger charge is -2.09. The van der Waals surface area contributed by atoms with E-state index >= 15 is 0 Å². The minimum atomic E-state index is 0.0285. The van der Waals surface area contributed by atoms with E-state index < -0.39 is 0 Å². The number of aliphatic hydroxyl groups is 1. The Morgan fingerprint density at radius 1 is 1.38 bits per heavy atom. The van der Waals surface area contributed by atoms with Gasteiger partial charge in [-0.15, -0.1) is 0 Å². The lowest BCUT2D eigenvalue weighted by Crippen LogP contribution is -2.17. The molecule has 0 radical (unpaired) electrons. The molecule has 0 saturated heterocycles. The van der Waals surface area contributed by atoms with Gasteiger partial charge in [0.05, 0.1) is 12.3 Å². The minimum Gasteiger partial charge on any atom is -0.395 e. The molecule has 2 unspecified atom stereocenters. The number of nitrogens with one attached hydrogen (secondary N) is 1. The van der Waals surface area contributed by atoms with Gasteiger partial charge in [-0.25, -0.2) is 0 Å². The van der Waals surface area contributed by atoms with E-state index in [1.54, 1.807) is 18.2 Å². The zero-order chi connectivity index (χ0) is 14.8. The maximum atomic E-state index is 12.3. The van der Waals surface area contributed by atoms with Gasteiger partial charge in [0.15, 0.2) is 0 Å². The lowest BCUT2D eigenvalue weighted by molar-refractivity contribution is -0.118. The fraction of sp³-hybridized carbons (Fsp3) is 0.471. The first-order valence-electron chi connectivity index (χ1n) is 7.41. The molecule has 110 valence electrons. The van der Waals surface area contributed by atoms with Crippen LogP contribution in [0.2, 0.25) is 5.02 Å². The summed E-state index contributed by atoms with van der Waals surface area (Å²) in [6.45, 7) is 0.0285. The Balaban J connectivity index is 1.73. The summed E-state index contributed by atoms with van der Waals surface area (Å²) in [5.74, 6) is 7.32. The van der Waals surface area contributed by atoms with Gasteiger partial charge in [0.1, 0.15) is 0 Å². The first-order chi connectivity index (χ1) is 10.2. The van der Waals surface area contributed by atoms with Crippen LogP contribution in [0.15, 0.2) is 18.2 Å². The molecule has 2 fully saturated rings. The maximum Gasteiger partial charge on any atom is 0.228 e. The van der Waals surface area contributed by atoms with Gasteiger partial charge in [-0.2, -0.15) is 0 Å². The Hall–Kier alpha value is -1.50. The Bertz CT molecular complexity index is 607. The lowest BCUT2D eigenvalue weighted by atomic mass is 10.1. The molecule has 0 spiro atoms. The quantitative estimate of drug-likeness (QED) is 0.843. The van der Waals surface area contributed by atoms with Crippen molar-refractivity contribution < 1.29 is 9.90 Å². The van der Waals surface area contributed by atoms with E-state index in [-0.39, 0.29) is 18.4 Å². The second-order valence-corrected chi connectivity index (χ2v) is 6.18. The van der Waals surface area contributed by atoms with Crippen molar-refractivity contribution in [1.82, 2.24) is 0 Å². The van der Waals surface area contributed by atoms with Crippen molar-refractivity contribution in [3.05, 3.63) is 28.8 Å². The number of anilines is 1. The van der Waals surface area contributed by atoms with Crippen LogP contribution < -0.4 is 5.32 Å². The highest BCUT2D eigenvalue weighted by Gasteiger charge is 2.56. The number of hydrogen-bond donors (Lipinski definition) is 2. The first-order valence-corrected chi connectivity index (χ1v) is 7.78. The number of hydrogen-bond acceptors (Lipinski definition) is 2. The fourth-order valence-corrected chi connectivity index (χ4v) is 3.54. The van der Waals surface area contributed by atoms with Crippen molar-refractivity contribution in [1.29, 1.82) is 0 Å².